The van der Waals surface area contributed by atoms with Gasteiger partial charge in [-0.2, -0.15) is 0 Å². The van der Waals surface area contributed by atoms with Crippen LogP contribution in [-0.4, -0.2) is 43.8 Å². The van der Waals surface area contributed by atoms with E-state index in [0.29, 0.717) is 11.5 Å². The van der Waals surface area contributed by atoms with E-state index in [9.17, 15) is 18.0 Å². The van der Waals surface area contributed by atoms with Gasteiger partial charge in [0.1, 0.15) is 15.4 Å². The number of amides is 3. The van der Waals surface area contributed by atoms with Crippen molar-refractivity contribution in [3.05, 3.63) is 35.4 Å². The molecule has 1 atom stereocenters. The van der Waals surface area contributed by atoms with Crippen molar-refractivity contribution in [3.8, 4) is 0 Å². The van der Waals surface area contributed by atoms with Crippen molar-refractivity contribution in [2.75, 3.05) is 18.6 Å². The van der Waals surface area contributed by atoms with Gasteiger partial charge in [0.15, 0.2) is 0 Å². The van der Waals surface area contributed by atoms with Crippen LogP contribution in [0.4, 0.5) is 4.79 Å². The molecule has 6 nitrogen and oxygen atoms in total. The average molecular weight is 338 g/mol. The van der Waals surface area contributed by atoms with E-state index < -0.39 is 27.3 Å². The lowest BCUT2D eigenvalue weighted by molar-refractivity contribution is -0.130. The zero-order valence-electron chi connectivity index (χ0n) is 13.8. The van der Waals surface area contributed by atoms with Gasteiger partial charge in [0.2, 0.25) is 0 Å². The molecule has 1 aromatic carbocycles. The van der Waals surface area contributed by atoms with Crippen molar-refractivity contribution in [2.45, 2.75) is 32.2 Å². The van der Waals surface area contributed by atoms with E-state index in [0.717, 1.165) is 16.7 Å². The van der Waals surface area contributed by atoms with Crippen LogP contribution in [0.3, 0.4) is 0 Å². The van der Waals surface area contributed by atoms with Crippen LogP contribution in [0, 0.1) is 0 Å². The summed E-state index contributed by atoms with van der Waals surface area (Å²) in [5.41, 5.74) is 0.662. The molecule has 0 bridgehead atoms. The van der Waals surface area contributed by atoms with Crippen LogP contribution < -0.4 is 5.32 Å². The number of nitrogens with zero attached hydrogens (tertiary/aromatic N) is 1. The second-order valence-electron chi connectivity index (χ2n) is 6.42. The van der Waals surface area contributed by atoms with Gasteiger partial charge in [0, 0.05) is 12.8 Å². The summed E-state index contributed by atoms with van der Waals surface area (Å²) in [6, 6.07) is 6.96. The van der Waals surface area contributed by atoms with Crippen molar-refractivity contribution in [1.82, 2.24) is 10.2 Å². The molecule has 1 aromatic rings. The van der Waals surface area contributed by atoms with E-state index in [2.05, 4.69) is 19.2 Å². The Morgan fingerprint density at radius 3 is 2.22 bits per heavy atom. The summed E-state index contributed by atoms with van der Waals surface area (Å²) < 4.78 is 22.5. The summed E-state index contributed by atoms with van der Waals surface area (Å²) in [4.78, 5) is 25.7. The first kappa shape index (κ1) is 17.5. The molecule has 1 saturated heterocycles. The number of hydrogen-bond donors (Lipinski definition) is 1. The van der Waals surface area contributed by atoms with Crippen LogP contribution in [0.2, 0.25) is 0 Å². The smallest absolute Gasteiger partial charge is 0.319 e. The summed E-state index contributed by atoms with van der Waals surface area (Å²) in [5, 5.41) is 2.67. The Kier molecular flexibility index (Phi) is 4.52. The van der Waals surface area contributed by atoms with Crippen molar-refractivity contribution in [2.24, 2.45) is 0 Å². The molecule has 0 aliphatic carbocycles. The minimum Gasteiger partial charge on any atom is -0.319 e. The van der Waals surface area contributed by atoms with Gasteiger partial charge in [0.25, 0.3) is 5.91 Å². The largest absolute Gasteiger partial charge is 0.325 e. The zero-order chi connectivity index (χ0) is 17.4. The number of carbonyl (C=O) groups excluding carboxylic acids is 2. The molecule has 1 aliphatic heterocycles. The Hall–Kier alpha value is -1.89. The van der Waals surface area contributed by atoms with E-state index >= 15 is 0 Å². The van der Waals surface area contributed by atoms with Crippen LogP contribution in [0.15, 0.2) is 24.3 Å². The first-order valence-corrected chi connectivity index (χ1v) is 9.53. The Balaban J connectivity index is 2.25. The molecule has 1 aliphatic rings. The molecular weight excluding hydrogens is 316 g/mol. The maximum Gasteiger partial charge on any atom is 0.325 e. The van der Waals surface area contributed by atoms with Crippen LogP contribution in [0.1, 0.15) is 37.8 Å². The van der Waals surface area contributed by atoms with E-state index in [1.165, 1.54) is 0 Å². The predicted octanol–water partition coefficient (Wildman–Crippen LogP) is 1.62. The molecule has 0 aromatic heterocycles. The number of carbonyl (C=O) groups is 2. The molecule has 1 heterocycles. The third-order valence-electron chi connectivity index (χ3n) is 4.12. The first-order valence-electron chi connectivity index (χ1n) is 7.47. The molecular formula is C16H22N2O4S. The Labute approximate surface area is 136 Å². The van der Waals surface area contributed by atoms with Crippen molar-refractivity contribution in [3.63, 3.8) is 0 Å². The third-order valence-corrected chi connectivity index (χ3v) is 5.04. The van der Waals surface area contributed by atoms with E-state index in [-0.39, 0.29) is 12.3 Å². The quantitative estimate of drug-likeness (QED) is 0.827. The highest BCUT2D eigenvalue weighted by molar-refractivity contribution is 7.90. The fourth-order valence-corrected chi connectivity index (χ4v) is 3.07. The highest BCUT2D eigenvalue weighted by Gasteiger charge is 2.48. The molecule has 23 heavy (non-hydrogen) atoms. The second kappa shape index (κ2) is 5.96. The highest BCUT2D eigenvalue weighted by atomic mass is 32.2. The molecule has 126 valence electrons. The van der Waals surface area contributed by atoms with Gasteiger partial charge in [-0.25, -0.2) is 13.2 Å². The monoisotopic (exact) mass is 338 g/mol. The molecule has 0 saturated carbocycles. The lowest BCUT2D eigenvalue weighted by Gasteiger charge is -2.22. The van der Waals surface area contributed by atoms with E-state index in [1.54, 1.807) is 6.92 Å². The Bertz CT molecular complexity index is 725. The summed E-state index contributed by atoms with van der Waals surface area (Å²) in [7, 11) is -3.25. The van der Waals surface area contributed by atoms with Crippen LogP contribution >= 0.6 is 0 Å². The lowest BCUT2D eigenvalue weighted by atomic mass is 9.90. The number of rotatable bonds is 5. The zero-order valence-corrected chi connectivity index (χ0v) is 14.6. The van der Waals surface area contributed by atoms with E-state index in [1.807, 2.05) is 24.3 Å². The molecule has 2 rings (SSSR count). The highest BCUT2D eigenvalue weighted by Crippen LogP contribution is 2.29. The maximum atomic E-state index is 12.6. The SMILES string of the molecule is CC(C)c1ccc([C@@]2(C)NC(=O)N(CCS(C)(=O)=O)C2=O)cc1. The third kappa shape index (κ3) is 3.55. The average Bonchev–Trinajstić information content (AvgIpc) is 2.67. The van der Waals surface area contributed by atoms with Gasteiger partial charge in [-0.05, 0) is 24.0 Å². The van der Waals surface area contributed by atoms with Crippen molar-refractivity contribution in [1.29, 1.82) is 0 Å². The summed E-state index contributed by atoms with van der Waals surface area (Å²) in [6.07, 6.45) is 1.08. The number of urea groups is 1. The van der Waals surface area contributed by atoms with Gasteiger partial charge in [-0.1, -0.05) is 38.1 Å². The summed E-state index contributed by atoms with van der Waals surface area (Å²) >= 11 is 0. The Morgan fingerprint density at radius 2 is 1.74 bits per heavy atom. The van der Waals surface area contributed by atoms with Gasteiger partial charge < -0.3 is 5.32 Å². The maximum absolute atomic E-state index is 12.6. The fourth-order valence-electron chi connectivity index (χ4n) is 2.55. The minimum atomic E-state index is -3.25. The molecule has 1 fully saturated rings. The number of hydrogen-bond acceptors (Lipinski definition) is 4. The molecule has 0 radical (unpaired) electrons. The summed E-state index contributed by atoms with van der Waals surface area (Å²) in [6.45, 7) is 5.65. The first-order chi connectivity index (χ1) is 10.5. The normalized spacial score (nSPS) is 21.9. The van der Waals surface area contributed by atoms with E-state index in [4.69, 9.17) is 0 Å². The van der Waals surface area contributed by atoms with Gasteiger partial charge in [-0.15, -0.1) is 0 Å². The second-order valence-corrected chi connectivity index (χ2v) is 8.68. The molecule has 3 amide bonds. The standard InChI is InChI=1S/C16H22N2O4S/c1-11(2)12-5-7-13(8-6-12)16(3)14(19)18(15(20)17-16)9-10-23(4,21)22/h5-8,11H,9-10H2,1-4H3,(H,17,20)/t16-/m1/s1. The number of benzene rings is 1. The number of nitrogens with one attached hydrogen (secondary N) is 1. The Morgan fingerprint density at radius 1 is 1.17 bits per heavy atom. The van der Waals surface area contributed by atoms with Gasteiger partial charge in [0.05, 0.1) is 5.75 Å². The molecule has 7 heteroatoms. The minimum absolute atomic E-state index is 0.136. The van der Waals surface area contributed by atoms with Crippen LogP contribution in [0.5, 0.6) is 0 Å². The molecule has 0 spiro atoms. The predicted molar refractivity (Wildman–Crippen MR) is 87.8 cm³/mol. The van der Waals surface area contributed by atoms with Crippen LogP contribution in [0.25, 0.3) is 0 Å². The summed E-state index contributed by atoms with van der Waals surface area (Å²) in [5.74, 6) is -0.297. The molecule has 0 unspecified atom stereocenters. The number of sulfone groups is 1. The molecule has 1 N–H and O–H groups in total. The lowest BCUT2D eigenvalue weighted by Crippen LogP contribution is -2.41. The van der Waals surface area contributed by atoms with Crippen molar-refractivity contribution >= 4 is 21.8 Å². The van der Waals surface area contributed by atoms with Crippen LogP contribution in [-0.2, 0) is 20.2 Å². The van der Waals surface area contributed by atoms with Gasteiger partial charge in [-0.3, -0.25) is 9.69 Å². The number of imide groups is 1. The van der Waals surface area contributed by atoms with Gasteiger partial charge >= 0.3 is 6.03 Å². The van der Waals surface area contributed by atoms with Crippen molar-refractivity contribution < 1.29 is 18.0 Å². The fraction of sp³-hybridized carbons (Fsp3) is 0.500. The topological polar surface area (TPSA) is 83.6 Å².